The molecule has 0 spiro atoms. The van der Waals surface area contributed by atoms with E-state index in [4.69, 9.17) is 10.5 Å². The van der Waals surface area contributed by atoms with Gasteiger partial charge in [-0.15, -0.1) is 0 Å². The van der Waals surface area contributed by atoms with Crippen LogP contribution in [0.3, 0.4) is 0 Å². The Morgan fingerprint density at radius 3 is 2.68 bits per heavy atom. The molecule has 0 fully saturated rings. The van der Waals surface area contributed by atoms with E-state index in [9.17, 15) is 0 Å². The number of nitrogens with zero attached hydrogens (tertiary/aromatic N) is 2. The van der Waals surface area contributed by atoms with Gasteiger partial charge in [-0.2, -0.15) is 0 Å². The average Bonchev–Trinajstić information content (AvgIpc) is 3.06. The van der Waals surface area contributed by atoms with Crippen molar-refractivity contribution in [3.63, 3.8) is 0 Å². The van der Waals surface area contributed by atoms with Crippen LogP contribution in [0, 0.1) is 0 Å². The molecule has 3 N–H and O–H groups in total. The summed E-state index contributed by atoms with van der Waals surface area (Å²) in [5.74, 6) is 1.67. The van der Waals surface area contributed by atoms with Gasteiger partial charge in [-0.25, -0.2) is 4.98 Å². The van der Waals surface area contributed by atoms with Crippen LogP contribution in [0.4, 0.5) is 17.1 Å². The molecule has 0 bridgehead atoms. The highest BCUT2D eigenvalue weighted by molar-refractivity contribution is 5.86. The van der Waals surface area contributed by atoms with E-state index in [0.29, 0.717) is 5.69 Å². The fourth-order valence-corrected chi connectivity index (χ4v) is 2.83. The first-order chi connectivity index (χ1) is 12.2. The third-order valence-corrected chi connectivity index (χ3v) is 4.07. The van der Waals surface area contributed by atoms with Gasteiger partial charge in [-0.3, -0.25) is 0 Å². The van der Waals surface area contributed by atoms with Crippen LogP contribution in [0.5, 0.6) is 5.75 Å². The summed E-state index contributed by atoms with van der Waals surface area (Å²) in [5.41, 5.74) is 9.47. The van der Waals surface area contributed by atoms with Gasteiger partial charge >= 0.3 is 0 Å². The van der Waals surface area contributed by atoms with E-state index in [1.54, 1.807) is 13.3 Å². The third kappa shape index (κ3) is 2.99. The van der Waals surface area contributed by atoms with Gasteiger partial charge in [0, 0.05) is 29.0 Å². The first-order valence-corrected chi connectivity index (χ1v) is 7.97. The van der Waals surface area contributed by atoms with E-state index in [-0.39, 0.29) is 0 Å². The molecule has 0 amide bonds. The van der Waals surface area contributed by atoms with Crippen molar-refractivity contribution >= 4 is 28.0 Å². The standard InChI is InChI=1S/C20H18N4O/c1-25-18-4-2-3-16(12-18)23-17-6-7-19-14(11-17)9-10-24(19)20-8-5-15(21)13-22-20/h2-13,23H,21H2,1H3. The minimum Gasteiger partial charge on any atom is -0.497 e. The molecule has 4 rings (SSSR count). The van der Waals surface area contributed by atoms with Gasteiger partial charge in [0.1, 0.15) is 11.6 Å². The van der Waals surface area contributed by atoms with Crippen molar-refractivity contribution in [1.82, 2.24) is 9.55 Å². The Kier molecular flexibility index (Phi) is 3.74. The number of benzene rings is 2. The zero-order chi connectivity index (χ0) is 17.2. The Balaban J connectivity index is 1.66. The van der Waals surface area contributed by atoms with Gasteiger partial charge in [-0.1, -0.05) is 6.07 Å². The fourth-order valence-electron chi connectivity index (χ4n) is 2.83. The van der Waals surface area contributed by atoms with Crippen LogP contribution >= 0.6 is 0 Å². The lowest BCUT2D eigenvalue weighted by Gasteiger charge is -2.09. The summed E-state index contributed by atoms with van der Waals surface area (Å²) in [4.78, 5) is 4.39. The van der Waals surface area contributed by atoms with Crippen LogP contribution in [0.1, 0.15) is 0 Å². The summed E-state index contributed by atoms with van der Waals surface area (Å²) < 4.78 is 7.31. The molecule has 2 aromatic heterocycles. The summed E-state index contributed by atoms with van der Waals surface area (Å²) in [6.07, 6.45) is 3.68. The van der Waals surface area contributed by atoms with Crippen LogP contribution in [0.15, 0.2) is 73.1 Å². The lowest BCUT2D eigenvalue weighted by Crippen LogP contribution is -1.97. The molecule has 0 atom stereocenters. The average molecular weight is 330 g/mol. The molecule has 0 saturated carbocycles. The first kappa shape index (κ1) is 15.1. The van der Waals surface area contributed by atoms with Crippen molar-refractivity contribution in [2.75, 3.05) is 18.2 Å². The molecule has 0 aliphatic heterocycles. The van der Waals surface area contributed by atoms with Gasteiger partial charge in [0.2, 0.25) is 0 Å². The first-order valence-electron chi connectivity index (χ1n) is 7.97. The lowest BCUT2D eigenvalue weighted by atomic mass is 10.2. The Morgan fingerprint density at radius 1 is 1.00 bits per heavy atom. The van der Waals surface area contributed by atoms with Crippen molar-refractivity contribution in [3.8, 4) is 11.6 Å². The second-order valence-corrected chi connectivity index (χ2v) is 5.77. The van der Waals surface area contributed by atoms with E-state index in [1.165, 1.54) is 0 Å². The molecule has 0 aliphatic rings. The lowest BCUT2D eigenvalue weighted by molar-refractivity contribution is 0.415. The number of rotatable bonds is 4. The van der Waals surface area contributed by atoms with E-state index in [2.05, 4.69) is 34.6 Å². The van der Waals surface area contributed by atoms with Crippen molar-refractivity contribution in [2.45, 2.75) is 0 Å². The zero-order valence-electron chi connectivity index (χ0n) is 13.8. The van der Waals surface area contributed by atoms with Crippen molar-refractivity contribution < 1.29 is 4.74 Å². The Hall–Kier alpha value is -3.47. The van der Waals surface area contributed by atoms with Crippen LogP contribution < -0.4 is 15.8 Å². The number of nitrogens with two attached hydrogens (primary N) is 1. The number of anilines is 3. The fraction of sp³-hybridized carbons (Fsp3) is 0.0500. The molecule has 5 heteroatoms. The Bertz CT molecular complexity index is 1020. The maximum Gasteiger partial charge on any atom is 0.137 e. The highest BCUT2D eigenvalue weighted by Crippen LogP contribution is 2.26. The minimum atomic E-state index is 0.657. The quantitative estimate of drug-likeness (QED) is 0.583. The van der Waals surface area contributed by atoms with E-state index >= 15 is 0 Å². The molecule has 0 radical (unpaired) electrons. The number of methoxy groups -OCH3 is 1. The summed E-state index contributed by atoms with van der Waals surface area (Å²) in [6, 6.07) is 19.9. The van der Waals surface area contributed by atoms with E-state index in [0.717, 1.165) is 33.8 Å². The number of aromatic nitrogens is 2. The highest BCUT2D eigenvalue weighted by atomic mass is 16.5. The number of nitrogen functional groups attached to an aromatic ring is 1. The summed E-state index contributed by atoms with van der Waals surface area (Å²) in [5, 5.41) is 4.54. The number of hydrogen-bond acceptors (Lipinski definition) is 4. The van der Waals surface area contributed by atoms with Crippen molar-refractivity contribution in [1.29, 1.82) is 0 Å². The van der Waals surface area contributed by atoms with Gasteiger partial charge in [-0.05, 0) is 48.5 Å². The Morgan fingerprint density at radius 2 is 1.88 bits per heavy atom. The topological polar surface area (TPSA) is 65.1 Å². The predicted molar refractivity (Wildman–Crippen MR) is 102 cm³/mol. The molecular formula is C20H18N4O. The molecule has 2 aromatic carbocycles. The number of pyridine rings is 1. The molecule has 2 heterocycles. The van der Waals surface area contributed by atoms with Crippen LogP contribution in [0.25, 0.3) is 16.7 Å². The summed E-state index contributed by atoms with van der Waals surface area (Å²) in [6.45, 7) is 0. The van der Waals surface area contributed by atoms with Gasteiger partial charge < -0.3 is 20.4 Å². The van der Waals surface area contributed by atoms with Crippen LogP contribution in [-0.2, 0) is 0 Å². The SMILES string of the molecule is COc1cccc(Nc2ccc3c(ccn3-c3ccc(N)cn3)c2)c1. The number of fused-ring (bicyclic) bond motifs is 1. The molecule has 25 heavy (non-hydrogen) atoms. The number of nitrogens with one attached hydrogen (secondary N) is 1. The monoisotopic (exact) mass is 330 g/mol. The largest absolute Gasteiger partial charge is 0.497 e. The highest BCUT2D eigenvalue weighted by Gasteiger charge is 2.06. The van der Waals surface area contributed by atoms with E-state index in [1.807, 2.05) is 47.2 Å². The zero-order valence-corrected chi connectivity index (χ0v) is 13.8. The minimum absolute atomic E-state index is 0.657. The molecule has 0 unspecified atom stereocenters. The molecule has 4 aromatic rings. The van der Waals surface area contributed by atoms with Gasteiger partial charge in [0.05, 0.1) is 24.5 Å². The van der Waals surface area contributed by atoms with Gasteiger partial charge in [0.15, 0.2) is 0 Å². The second kappa shape index (κ2) is 6.20. The third-order valence-electron chi connectivity index (χ3n) is 4.07. The van der Waals surface area contributed by atoms with Crippen molar-refractivity contribution in [2.24, 2.45) is 0 Å². The number of hydrogen-bond donors (Lipinski definition) is 2. The molecule has 124 valence electrons. The summed E-state index contributed by atoms with van der Waals surface area (Å²) >= 11 is 0. The van der Waals surface area contributed by atoms with Gasteiger partial charge in [0.25, 0.3) is 0 Å². The molecular weight excluding hydrogens is 312 g/mol. The number of ether oxygens (including phenoxy) is 1. The van der Waals surface area contributed by atoms with Crippen LogP contribution in [0.2, 0.25) is 0 Å². The Labute approximate surface area is 145 Å². The maximum absolute atomic E-state index is 5.72. The van der Waals surface area contributed by atoms with Crippen molar-refractivity contribution in [3.05, 3.63) is 73.1 Å². The smallest absolute Gasteiger partial charge is 0.137 e. The molecule has 0 aliphatic carbocycles. The maximum atomic E-state index is 5.72. The second-order valence-electron chi connectivity index (χ2n) is 5.77. The predicted octanol–water partition coefficient (Wildman–Crippen LogP) is 4.36. The molecule has 0 saturated heterocycles. The summed E-state index contributed by atoms with van der Waals surface area (Å²) in [7, 11) is 1.67. The normalized spacial score (nSPS) is 10.8. The molecule has 5 nitrogen and oxygen atoms in total. The van der Waals surface area contributed by atoms with Crippen LogP contribution in [-0.4, -0.2) is 16.7 Å². The van der Waals surface area contributed by atoms with E-state index < -0.39 is 0 Å².